The first-order valence-electron chi connectivity index (χ1n) is 5.65. The Morgan fingerprint density at radius 3 is 3.06 bits per heavy atom. The summed E-state index contributed by atoms with van der Waals surface area (Å²) in [6, 6.07) is 0. The van der Waals surface area contributed by atoms with Crippen LogP contribution >= 0.6 is 0 Å². The first-order valence-corrected chi connectivity index (χ1v) is 5.65. The lowest BCUT2D eigenvalue weighted by atomic mass is 9.77. The molecule has 0 N–H and O–H groups in total. The summed E-state index contributed by atoms with van der Waals surface area (Å²) in [5.74, 6) is -1.09. The van der Waals surface area contributed by atoms with Crippen LogP contribution < -0.4 is 0 Å². The van der Waals surface area contributed by atoms with Gasteiger partial charge in [-0.05, 0) is 12.3 Å². The van der Waals surface area contributed by atoms with Gasteiger partial charge in [-0.25, -0.2) is 0 Å². The lowest BCUT2D eigenvalue weighted by Crippen LogP contribution is -2.40. The van der Waals surface area contributed by atoms with E-state index in [0.717, 1.165) is 12.8 Å². The van der Waals surface area contributed by atoms with Crippen LogP contribution in [0.25, 0.3) is 0 Å². The lowest BCUT2D eigenvalue weighted by molar-refractivity contribution is -0.154. The van der Waals surface area contributed by atoms with Gasteiger partial charge in [0, 0.05) is 0 Å². The minimum Gasteiger partial charge on any atom is -0.461 e. The number of carbonyl (C=O) groups excluding carboxylic acids is 2. The second-order valence-corrected chi connectivity index (χ2v) is 4.30. The normalized spacial score (nSPS) is 36.4. The second kappa shape index (κ2) is 4.37. The smallest absolute Gasteiger partial charge is 0.317 e. The van der Waals surface area contributed by atoms with Crippen molar-refractivity contribution in [3.63, 3.8) is 0 Å². The summed E-state index contributed by atoms with van der Waals surface area (Å²) in [5, 5.41) is 0. The summed E-state index contributed by atoms with van der Waals surface area (Å²) in [7, 11) is 0. The predicted molar refractivity (Wildman–Crippen MR) is 56.7 cm³/mol. The molecule has 4 nitrogen and oxygen atoms in total. The van der Waals surface area contributed by atoms with Crippen molar-refractivity contribution in [2.75, 3.05) is 6.61 Å². The van der Waals surface area contributed by atoms with Crippen LogP contribution in [0.15, 0.2) is 12.7 Å². The van der Waals surface area contributed by atoms with Crippen molar-refractivity contribution in [2.24, 2.45) is 11.8 Å². The number of fused-ring (bicyclic) bond motifs is 1. The quantitative estimate of drug-likeness (QED) is 0.310. The average molecular weight is 224 g/mol. The maximum absolute atomic E-state index is 11.9. The Bertz CT molecular complexity index is 323. The van der Waals surface area contributed by atoms with E-state index in [1.54, 1.807) is 0 Å². The van der Waals surface area contributed by atoms with Crippen molar-refractivity contribution >= 4 is 11.8 Å². The third kappa shape index (κ3) is 1.89. The van der Waals surface area contributed by atoms with Gasteiger partial charge in [-0.15, -0.1) is 0 Å². The maximum atomic E-state index is 11.9. The summed E-state index contributed by atoms with van der Waals surface area (Å²) in [6.45, 7) is 5.61. The molecule has 1 aliphatic carbocycles. The monoisotopic (exact) mass is 224 g/mol. The zero-order valence-electron chi connectivity index (χ0n) is 9.35. The van der Waals surface area contributed by atoms with E-state index in [1.165, 1.54) is 6.08 Å². The summed E-state index contributed by atoms with van der Waals surface area (Å²) < 4.78 is 10.2. The first kappa shape index (κ1) is 11.3. The number of ketones is 1. The molecule has 0 aromatic rings. The highest BCUT2D eigenvalue weighted by Gasteiger charge is 2.56. The predicted octanol–water partition coefficient (Wildman–Crippen LogP) is 1.10. The van der Waals surface area contributed by atoms with Gasteiger partial charge in [0.25, 0.3) is 0 Å². The Morgan fingerprint density at radius 1 is 1.69 bits per heavy atom. The number of ether oxygens (including phenoxy) is 2. The van der Waals surface area contributed by atoms with E-state index in [-0.39, 0.29) is 30.5 Å². The molecule has 1 saturated heterocycles. The van der Waals surface area contributed by atoms with Gasteiger partial charge >= 0.3 is 5.97 Å². The van der Waals surface area contributed by atoms with Crippen molar-refractivity contribution in [3.05, 3.63) is 12.7 Å². The highest BCUT2D eigenvalue weighted by molar-refractivity contribution is 6.03. The highest BCUT2D eigenvalue weighted by Crippen LogP contribution is 2.42. The number of esters is 1. The molecule has 0 spiro atoms. The number of rotatable bonds is 4. The molecule has 2 rings (SSSR count). The topological polar surface area (TPSA) is 55.9 Å². The van der Waals surface area contributed by atoms with Crippen molar-refractivity contribution in [2.45, 2.75) is 32.0 Å². The van der Waals surface area contributed by atoms with Crippen LogP contribution in [0, 0.1) is 11.8 Å². The second-order valence-electron chi connectivity index (χ2n) is 4.30. The van der Waals surface area contributed by atoms with Crippen molar-refractivity contribution < 1.29 is 19.1 Å². The van der Waals surface area contributed by atoms with Gasteiger partial charge in [0.2, 0.25) is 0 Å². The zero-order valence-corrected chi connectivity index (χ0v) is 9.35. The lowest BCUT2D eigenvalue weighted by Gasteiger charge is -2.25. The Hall–Kier alpha value is -1.16. The van der Waals surface area contributed by atoms with Gasteiger partial charge in [0.05, 0.1) is 6.10 Å². The molecule has 16 heavy (non-hydrogen) atoms. The summed E-state index contributed by atoms with van der Waals surface area (Å²) in [4.78, 5) is 23.6. The van der Waals surface area contributed by atoms with Crippen molar-refractivity contribution in [1.82, 2.24) is 0 Å². The van der Waals surface area contributed by atoms with Crippen LogP contribution in [0.3, 0.4) is 0 Å². The van der Waals surface area contributed by atoms with Crippen LogP contribution in [0.1, 0.15) is 19.8 Å². The molecule has 1 unspecified atom stereocenters. The summed E-state index contributed by atoms with van der Waals surface area (Å²) in [6.07, 6.45) is 2.81. The van der Waals surface area contributed by atoms with Gasteiger partial charge in [0.1, 0.15) is 18.6 Å². The molecule has 0 aromatic heterocycles. The molecule has 2 aliphatic rings. The Morgan fingerprint density at radius 2 is 2.44 bits per heavy atom. The van der Waals surface area contributed by atoms with E-state index in [0.29, 0.717) is 0 Å². The van der Waals surface area contributed by atoms with Gasteiger partial charge in [-0.3, -0.25) is 9.59 Å². The number of hydrogen-bond acceptors (Lipinski definition) is 4. The van der Waals surface area contributed by atoms with E-state index < -0.39 is 11.9 Å². The molecule has 4 atom stereocenters. The van der Waals surface area contributed by atoms with Gasteiger partial charge in [-0.2, -0.15) is 0 Å². The Balaban J connectivity index is 2.05. The van der Waals surface area contributed by atoms with Gasteiger partial charge < -0.3 is 9.47 Å². The molecule has 0 amide bonds. The fourth-order valence-corrected chi connectivity index (χ4v) is 2.36. The number of Topliss-reactive ketones (excluding diaryl/α,β-unsaturated/α-hetero) is 1. The van der Waals surface area contributed by atoms with E-state index in [4.69, 9.17) is 9.47 Å². The van der Waals surface area contributed by atoms with Crippen LogP contribution in [0.5, 0.6) is 0 Å². The third-order valence-corrected chi connectivity index (χ3v) is 3.30. The van der Waals surface area contributed by atoms with E-state index in [2.05, 4.69) is 6.58 Å². The molecule has 0 radical (unpaired) electrons. The SMILES string of the molecule is C=CCOC(=O)C1C(=O)[C@@H]2O[C@@H]2C[C@H]1CC. The zero-order chi connectivity index (χ0) is 11.7. The first-order chi connectivity index (χ1) is 7.69. The number of hydrogen-bond donors (Lipinski definition) is 0. The molecular formula is C12H16O4. The molecule has 88 valence electrons. The molecular weight excluding hydrogens is 208 g/mol. The van der Waals surface area contributed by atoms with E-state index in [9.17, 15) is 9.59 Å². The molecule has 0 aromatic carbocycles. The fraction of sp³-hybridized carbons (Fsp3) is 0.667. The Kier molecular flexibility index (Phi) is 3.10. The molecule has 1 saturated carbocycles. The maximum Gasteiger partial charge on any atom is 0.317 e. The highest BCUT2D eigenvalue weighted by atomic mass is 16.6. The van der Waals surface area contributed by atoms with Crippen LogP contribution in [0.4, 0.5) is 0 Å². The van der Waals surface area contributed by atoms with E-state index >= 15 is 0 Å². The standard InChI is InChI=1S/C12H16O4/c1-3-5-15-12(14)9-7(4-2)6-8-11(16-8)10(9)13/h3,7-9,11H,1,4-6H2,2H3/t7-,8-,9?,11-/m1/s1. The largest absolute Gasteiger partial charge is 0.461 e. The van der Waals surface area contributed by atoms with Crippen molar-refractivity contribution in [3.8, 4) is 0 Å². The minimum atomic E-state index is -0.631. The van der Waals surface area contributed by atoms with Crippen LogP contribution in [-0.2, 0) is 19.1 Å². The molecule has 1 aliphatic heterocycles. The molecule has 2 fully saturated rings. The van der Waals surface area contributed by atoms with Crippen LogP contribution in [0.2, 0.25) is 0 Å². The molecule has 1 heterocycles. The van der Waals surface area contributed by atoms with Gasteiger partial charge in [-0.1, -0.05) is 26.0 Å². The minimum absolute atomic E-state index is 0.0564. The third-order valence-electron chi connectivity index (χ3n) is 3.30. The molecule has 0 bridgehead atoms. The molecule has 4 heteroatoms. The van der Waals surface area contributed by atoms with Crippen LogP contribution in [-0.4, -0.2) is 30.6 Å². The van der Waals surface area contributed by atoms with Crippen molar-refractivity contribution in [1.29, 1.82) is 0 Å². The average Bonchev–Trinajstić information content (AvgIpc) is 3.05. The number of carbonyl (C=O) groups is 2. The number of epoxide rings is 1. The van der Waals surface area contributed by atoms with Gasteiger partial charge in [0.15, 0.2) is 5.78 Å². The summed E-state index contributed by atoms with van der Waals surface area (Å²) >= 11 is 0. The fourth-order valence-electron chi connectivity index (χ4n) is 2.36. The van der Waals surface area contributed by atoms with E-state index in [1.807, 2.05) is 6.92 Å². The Labute approximate surface area is 94.6 Å². The summed E-state index contributed by atoms with van der Waals surface area (Å²) in [5.41, 5.74) is 0.